The largest absolute Gasteiger partial charge is 0.494 e. The first-order valence-corrected chi connectivity index (χ1v) is 29.8. The minimum atomic E-state index is -2.43. The lowest BCUT2D eigenvalue weighted by atomic mass is 9.71. The molecule has 0 radical (unpaired) electrons. The Morgan fingerprint density at radius 1 is 0.352 bits per heavy atom. The Morgan fingerprint density at radius 2 is 0.625 bits per heavy atom. The summed E-state index contributed by atoms with van der Waals surface area (Å²) in [4.78, 5) is 53.9. The number of aliphatic hydroxyl groups is 2. The third-order valence-corrected chi connectivity index (χ3v) is 15.9. The first kappa shape index (κ1) is 61.2. The van der Waals surface area contributed by atoms with Crippen LogP contribution in [0.3, 0.4) is 0 Å². The molecule has 10 aromatic carbocycles. The molecule has 88 heavy (non-hydrogen) atoms. The molecule has 0 unspecified atom stereocenters. The summed E-state index contributed by atoms with van der Waals surface area (Å²) in [7, 11) is 0. The van der Waals surface area contributed by atoms with Gasteiger partial charge < -0.3 is 38.6 Å². The Hall–Kier alpha value is -9.88. The van der Waals surface area contributed by atoms with Crippen LogP contribution in [0.25, 0.3) is 43.1 Å². The van der Waals surface area contributed by atoms with Crippen molar-refractivity contribution in [1.29, 1.82) is 0 Å². The molecule has 0 amide bonds. The number of rotatable bonds is 29. The smallest absolute Gasteiger partial charge is 0.338 e. The minimum Gasteiger partial charge on any atom is -0.494 e. The second-order valence-electron chi connectivity index (χ2n) is 21.7. The number of carbonyl (C=O) groups excluding carboxylic acids is 4. The van der Waals surface area contributed by atoms with E-state index in [0.717, 1.165) is 93.8 Å². The van der Waals surface area contributed by atoms with Crippen LogP contribution in [0.2, 0.25) is 0 Å². The summed E-state index contributed by atoms with van der Waals surface area (Å²) in [6.07, 6.45) is 4.59. The van der Waals surface area contributed by atoms with E-state index in [0.29, 0.717) is 50.8 Å². The molecule has 0 aromatic heterocycles. The molecule has 10 rings (SSSR count). The van der Waals surface area contributed by atoms with Crippen molar-refractivity contribution in [2.24, 2.45) is 0 Å². The molecule has 0 heterocycles. The van der Waals surface area contributed by atoms with Gasteiger partial charge in [0.15, 0.2) is 23.4 Å². The van der Waals surface area contributed by atoms with Gasteiger partial charge in [0.25, 0.3) is 0 Å². The molecule has 446 valence electrons. The van der Waals surface area contributed by atoms with Crippen molar-refractivity contribution in [2.45, 2.75) is 74.8 Å². The third-order valence-electron chi connectivity index (χ3n) is 15.9. The summed E-state index contributed by atoms with van der Waals surface area (Å²) in [5.74, 6) is -1.68. The lowest BCUT2D eigenvalue weighted by Gasteiger charge is -2.46. The molecule has 0 saturated carbocycles. The Kier molecular flexibility index (Phi) is 20.2. The molecule has 0 aliphatic rings. The Bertz CT molecular complexity index is 3650. The van der Waals surface area contributed by atoms with Gasteiger partial charge in [-0.25, -0.2) is 19.2 Å². The zero-order valence-corrected chi connectivity index (χ0v) is 49.0. The molecule has 0 spiro atoms. The molecular formula is C76H70O12. The predicted molar refractivity (Wildman–Crippen MR) is 343 cm³/mol. The maximum atomic E-state index is 15.5. The SMILES string of the molecule is C=CC(=O)OCCCCCCOc1ccc(C(=O)O[C@@H]([C@H](OC(=O)c2ccc(OCCCCCCOC(=O)C=C)cc2)C(O)(c2ccc3ccccc3c2)c2ccc3ccccc3c2)C(O)(c2ccc3ccccc3c2)c2ccc3ccccc3c2)cc1. The maximum Gasteiger partial charge on any atom is 0.338 e. The van der Waals surface area contributed by atoms with E-state index >= 15 is 9.59 Å². The van der Waals surface area contributed by atoms with E-state index in [1.165, 1.54) is 0 Å². The van der Waals surface area contributed by atoms with Gasteiger partial charge >= 0.3 is 23.9 Å². The average Bonchev–Trinajstić information content (AvgIpc) is 0.778. The van der Waals surface area contributed by atoms with E-state index < -0.39 is 47.3 Å². The fourth-order valence-corrected chi connectivity index (χ4v) is 11.1. The average molecular weight is 1180 g/mol. The van der Waals surface area contributed by atoms with Crippen molar-refractivity contribution in [3.8, 4) is 11.5 Å². The molecule has 0 aliphatic carbocycles. The quantitative estimate of drug-likeness (QED) is 0.0198. The van der Waals surface area contributed by atoms with Gasteiger partial charge in [0, 0.05) is 12.2 Å². The fraction of sp³-hybridized carbons (Fsp3) is 0.211. The molecule has 0 bridgehead atoms. The second-order valence-corrected chi connectivity index (χ2v) is 21.7. The summed E-state index contributed by atoms with van der Waals surface area (Å²) in [6, 6.07) is 65.6. The monoisotopic (exact) mass is 1170 g/mol. The molecular weight excluding hydrogens is 1100 g/mol. The predicted octanol–water partition coefficient (Wildman–Crippen LogP) is 15.3. The highest BCUT2D eigenvalue weighted by Gasteiger charge is 2.58. The highest BCUT2D eigenvalue weighted by molar-refractivity contribution is 5.92. The fourth-order valence-electron chi connectivity index (χ4n) is 11.1. The lowest BCUT2D eigenvalue weighted by Crippen LogP contribution is -2.59. The van der Waals surface area contributed by atoms with Crippen LogP contribution in [0.1, 0.15) is 94.3 Å². The van der Waals surface area contributed by atoms with Gasteiger partial charge in [0.05, 0.1) is 37.6 Å². The first-order valence-electron chi connectivity index (χ1n) is 29.8. The van der Waals surface area contributed by atoms with Crippen LogP contribution in [0.5, 0.6) is 11.5 Å². The maximum absolute atomic E-state index is 15.5. The summed E-state index contributed by atoms with van der Waals surface area (Å²) >= 11 is 0. The zero-order chi connectivity index (χ0) is 61.3. The zero-order valence-electron chi connectivity index (χ0n) is 49.0. The van der Waals surface area contributed by atoms with Gasteiger partial charge in [0.2, 0.25) is 0 Å². The van der Waals surface area contributed by atoms with Gasteiger partial charge in [-0.2, -0.15) is 0 Å². The van der Waals surface area contributed by atoms with Crippen molar-refractivity contribution in [3.05, 3.63) is 277 Å². The van der Waals surface area contributed by atoms with Crippen LogP contribution >= 0.6 is 0 Å². The van der Waals surface area contributed by atoms with Crippen LogP contribution in [-0.2, 0) is 39.7 Å². The van der Waals surface area contributed by atoms with Crippen molar-refractivity contribution in [1.82, 2.24) is 0 Å². The highest BCUT2D eigenvalue weighted by Crippen LogP contribution is 2.47. The van der Waals surface area contributed by atoms with Gasteiger partial charge in [-0.15, -0.1) is 0 Å². The Morgan fingerprint density at radius 3 is 0.909 bits per heavy atom. The van der Waals surface area contributed by atoms with Crippen LogP contribution in [0.15, 0.2) is 244 Å². The Balaban J connectivity index is 1.09. The summed E-state index contributed by atoms with van der Waals surface area (Å²) < 4.78 is 36.3. The van der Waals surface area contributed by atoms with E-state index in [1.54, 1.807) is 72.8 Å². The number of hydrogen-bond acceptors (Lipinski definition) is 12. The van der Waals surface area contributed by atoms with E-state index in [1.807, 2.05) is 146 Å². The standard InChI is InChI=1S/C76H70O12/c1-3-69(77)85-47-19-7-5-17-45-83-67-41-33-57(34-42-67)73(79)87-71(75(81,63-37-29-53-21-9-13-25-59(53)49-63)64-38-30-54-22-10-14-26-60(54)50-64)72(88-74(80)58-35-43-68(44-36-58)84-46-18-6-8-20-48-86-70(78)4-2)76(82,65-39-31-55-23-11-15-27-61(55)51-65)66-40-32-56-24-12-16-28-62(56)52-66/h3-4,9-16,21-44,49-52,71-72,81-82H,1-2,5-8,17-20,45-48H2/t71-,72-/m0/s1. The molecule has 2 atom stereocenters. The normalized spacial score (nSPS) is 12.2. The van der Waals surface area contributed by atoms with Gasteiger partial charge in [-0.3, -0.25) is 0 Å². The van der Waals surface area contributed by atoms with Crippen molar-refractivity contribution in [2.75, 3.05) is 26.4 Å². The van der Waals surface area contributed by atoms with E-state index in [-0.39, 0.29) is 33.4 Å². The molecule has 10 aromatic rings. The number of unbranched alkanes of at least 4 members (excludes halogenated alkanes) is 6. The summed E-state index contributed by atoms with van der Waals surface area (Å²) in [5, 5.41) is 36.0. The number of ether oxygens (including phenoxy) is 6. The molecule has 12 heteroatoms. The number of benzene rings is 10. The summed E-state index contributed by atoms with van der Waals surface area (Å²) in [6.45, 7) is 8.28. The number of esters is 4. The van der Waals surface area contributed by atoms with E-state index in [9.17, 15) is 19.8 Å². The first-order chi connectivity index (χ1) is 42.9. The third kappa shape index (κ3) is 14.5. The highest BCUT2D eigenvalue weighted by atomic mass is 16.6. The number of fused-ring (bicyclic) bond motifs is 4. The number of hydrogen-bond donors (Lipinski definition) is 2. The van der Waals surface area contributed by atoms with Crippen LogP contribution in [-0.4, -0.2) is 72.7 Å². The molecule has 0 saturated heterocycles. The minimum absolute atomic E-state index is 0.0837. The second kappa shape index (κ2) is 29.0. The molecule has 0 aliphatic heterocycles. The molecule has 2 N–H and O–H groups in total. The van der Waals surface area contributed by atoms with Crippen molar-refractivity contribution < 1.29 is 57.8 Å². The van der Waals surface area contributed by atoms with Crippen LogP contribution in [0, 0.1) is 0 Å². The lowest BCUT2D eigenvalue weighted by molar-refractivity contribution is -0.171. The topological polar surface area (TPSA) is 164 Å². The van der Waals surface area contributed by atoms with E-state index in [2.05, 4.69) is 13.2 Å². The molecule has 0 fully saturated rings. The van der Waals surface area contributed by atoms with Crippen LogP contribution in [0.4, 0.5) is 0 Å². The van der Waals surface area contributed by atoms with Crippen LogP contribution < -0.4 is 9.47 Å². The van der Waals surface area contributed by atoms with Crippen molar-refractivity contribution in [3.63, 3.8) is 0 Å². The summed E-state index contributed by atoms with van der Waals surface area (Å²) in [5.41, 5.74) is -3.59. The van der Waals surface area contributed by atoms with Gasteiger partial charge in [-0.1, -0.05) is 159 Å². The van der Waals surface area contributed by atoms with E-state index in [4.69, 9.17) is 28.4 Å². The molecule has 12 nitrogen and oxygen atoms in total. The van der Waals surface area contributed by atoms with Crippen molar-refractivity contribution >= 4 is 67.0 Å². The van der Waals surface area contributed by atoms with Gasteiger partial charge in [-0.05, 0) is 190 Å². The number of carbonyl (C=O) groups is 4. The van der Waals surface area contributed by atoms with Gasteiger partial charge in [0.1, 0.15) is 11.5 Å². The Labute approximate surface area is 512 Å².